The van der Waals surface area contributed by atoms with Gasteiger partial charge in [0.15, 0.2) is 0 Å². The second kappa shape index (κ2) is 8.31. The van der Waals surface area contributed by atoms with Crippen LogP contribution in [0.2, 0.25) is 0 Å². The van der Waals surface area contributed by atoms with Crippen LogP contribution >= 0.6 is 11.8 Å². The Hall–Kier alpha value is -2.42. The highest BCUT2D eigenvalue weighted by Gasteiger charge is 2.27. The first-order valence-electron chi connectivity index (χ1n) is 8.67. The zero-order valence-electron chi connectivity index (χ0n) is 14.5. The van der Waals surface area contributed by atoms with Crippen molar-refractivity contribution in [1.29, 1.82) is 0 Å². The molecule has 0 spiro atoms. The van der Waals surface area contributed by atoms with E-state index >= 15 is 0 Å². The molecule has 0 atom stereocenters. The second-order valence-electron chi connectivity index (χ2n) is 6.19. The number of nitrogens with zero attached hydrogens (tertiary/aromatic N) is 3. The number of carbonyl (C=O) groups excluding carboxylic acids is 3. The van der Waals surface area contributed by atoms with Crippen molar-refractivity contribution in [3.05, 3.63) is 22.9 Å². The number of rotatable bonds is 5. The van der Waals surface area contributed by atoms with E-state index < -0.39 is 5.91 Å². The number of hydrogen-bond donors (Lipinski definition) is 2. The molecule has 3 heterocycles. The van der Waals surface area contributed by atoms with E-state index in [1.165, 1.54) is 0 Å². The quantitative estimate of drug-likeness (QED) is 0.752. The van der Waals surface area contributed by atoms with E-state index in [4.69, 9.17) is 0 Å². The summed E-state index contributed by atoms with van der Waals surface area (Å²) in [6.45, 7) is 4.16. The molecule has 2 aliphatic rings. The average molecular weight is 375 g/mol. The number of piperidine rings is 1. The van der Waals surface area contributed by atoms with E-state index in [0.717, 1.165) is 31.0 Å². The topological polar surface area (TPSA) is 104 Å². The summed E-state index contributed by atoms with van der Waals surface area (Å²) >= 11 is 0.863. The molecule has 2 N–H and O–H groups in total. The third-order valence-corrected chi connectivity index (χ3v) is 5.09. The first kappa shape index (κ1) is 18.4. The molecule has 138 valence electrons. The maximum atomic E-state index is 12.1. The van der Waals surface area contributed by atoms with E-state index in [1.807, 2.05) is 11.8 Å². The number of aromatic nitrogens is 2. The lowest BCUT2D eigenvalue weighted by atomic mass is 9.96. The molecule has 2 aliphatic heterocycles. The van der Waals surface area contributed by atoms with Gasteiger partial charge in [-0.25, -0.2) is 9.97 Å². The van der Waals surface area contributed by atoms with E-state index in [2.05, 4.69) is 20.6 Å². The Bertz CT molecular complexity index is 744. The van der Waals surface area contributed by atoms with E-state index in [-0.39, 0.29) is 17.1 Å². The smallest absolute Gasteiger partial charge is 0.290 e. The molecule has 2 saturated heterocycles. The van der Waals surface area contributed by atoms with Crippen molar-refractivity contribution in [2.24, 2.45) is 5.92 Å². The molecule has 0 radical (unpaired) electrons. The van der Waals surface area contributed by atoms with Gasteiger partial charge in [0.2, 0.25) is 11.9 Å². The molecule has 0 unspecified atom stereocenters. The third-order valence-electron chi connectivity index (χ3n) is 4.28. The molecule has 3 rings (SSSR count). The number of hydrogen-bond acceptors (Lipinski definition) is 7. The van der Waals surface area contributed by atoms with E-state index in [1.54, 1.807) is 18.3 Å². The van der Waals surface area contributed by atoms with Gasteiger partial charge in [0, 0.05) is 31.7 Å². The summed E-state index contributed by atoms with van der Waals surface area (Å²) in [5, 5.41) is 4.79. The van der Waals surface area contributed by atoms with Crippen LogP contribution in [-0.4, -0.2) is 46.7 Å². The number of carbonyl (C=O) groups is 3. The Balaban J connectivity index is 1.63. The van der Waals surface area contributed by atoms with Crippen molar-refractivity contribution in [2.75, 3.05) is 24.5 Å². The molecule has 0 aliphatic carbocycles. The largest absolute Gasteiger partial charge is 0.356 e. The summed E-state index contributed by atoms with van der Waals surface area (Å²) < 4.78 is 0. The number of thioether (sulfide) groups is 1. The van der Waals surface area contributed by atoms with E-state index in [9.17, 15) is 14.4 Å². The molecule has 3 amide bonds. The SMILES string of the molecule is CCCNC(=O)C1CCN(c2nccc(/C=C3\SC(=O)NC3=O)n2)CC1. The highest BCUT2D eigenvalue weighted by Crippen LogP contribution is 2.26. The molecule has 0 aromatic carbocycles. The summed E-state index contributed by atoms with van der Waals surface area (Å²) in [7, 11) is 0. The van der Waals surface area contributed by atoms with Crippen LogP contribution in [-0.2, 0) is 9.59 Å². The normalized spacial score (nSPS) is 19.7. The Morgan fingerprint density at radius 3 is 2.85 bits per heavy atom. The Morgan fingerprint density at radius 2 is 2.19 bits per heavy atom. The van der Waals surface area contributed by atoms with Crippen molar-refractivity contribution in [3.63, 3.8) is 0 Å². The molecule has 1 aromatic heterocycles. The number of imide groups is 1. The lowest BCUT2D eigenvalue weighted by Gasteiger charge is -2.31. The summed E-state index contributed by atoms with van der Waals surface area (Å²) in [6.07, 6.45) is 5.67. The van der Waals surface area contributed by atoms with Gasteiger partial charge >= 0.3 is 0 Å². The zero-order chi connectivity index (χ0) is 18.5. The van der Waals surface area contributed by atoms with Gasteiger partial charge < -0.3 is 10.2 Å². The summed E-state index contributed by atoms with van der Waals surface area (Å²) in [6, 6.07) is 1.69. The second-order valence-corrected chi connectivity index (χ2v) is 7.20. The minimum Gasteiger partial charge on any atom is -0.356 e. The molecule has 26 heavy (non-hydrogen) atoms. The predicted molar refractivity (Wildman–Crippen MR) is 99.4 cm³/mol. The Labute approximate surface area is 155 Å². The van der Waals surface area contributed by atoms with Gasteiger partial charge in [0.25, 0.3) is 11.1 Å². The fourth-order valence-electron chi connectivity index (χ4n) is 2.88. The average Bonchev–Trinajstić information content (AvgIpc) is 2.97. The van der Waals surface area contributed by atoms with Crippen LogP contribution in [0.3, 0.4) is 0 Å². The van der Waals surface area contributed by atoms with Crippen LogP contribution in [0, 0.1) is 5.92 Å². The number of anilines is 1. The van der Waals surface area contributed by atoms with Gasteiger partial charge in [-0.15, -0.1) is 0 Å². The molecule has 1 aromatic rings. The molecular formula is C17H21N5O3S. The summed E-state index contributed by atoms with van der Waals surface area (Å²) in [5.74, 6) is 0.327. The van der Waals surface area contributed by atoms with Crippen molar-refractivity contribution in [1.82, 2.24) is 20.6 Å². The Kier molecular flexibility index (Phi) is 5.87. The van der Waals surface area contributed by atoms with Gasteiger partial charge in [-0.2, -0.15) is 0 Å². The van der Waals surface area contributed by atoms with Crippen molar-refractivity contribution in [3.8, 4) is 0 Å². The highest BCUT2D eigenvalue weighted by atomic mass is 32.2. The van der Waals surface area contributed by atoms with Crippen molar-refractivity contribution >= 4 is 40.8 Å². The monoisotopic (exact) mass is 375 g/mol. The lowest BCUT2D eigenvalue weighted by molar-refractivity contribution is -0.125. The van der Waals surface area contributed by atoms with Crippen LogP contribution in [0.15, 0.2) is 17.2 Å². The molecule has 2 fully saturated rings. The minimum atomic E-state index is -0.404. The van der Waals surface area contributed by atoms with Gasteiger partial charge in [-0.3, -0.25) is 19.7 Å². The summed E-state index contributed by atoms with van der Waals surface area (Å²) in [5.41, 5.74) is 0.574. The number of amides is 3. The maximum absolute atomic E-state index is 12.1. The van der Waals surface area contributed by atoms with Crippen LogP contribution in [0.25, 0.3) is 6.08 Å². The number of nitrogens with one attached hydrogen (secondary N) is 2. The van der Waals surface area contributed by atoms with Crippen LogP contribution < -0.4 is 15.5 Å². The standard InChI is InChI=1S/C17H21N5O3S/c1-2-6-18-14(23)11-4-8-22(9-5-11)16-19-7-3-12(20-16)10-13-15(24)21-17(25)26-13/h3,7,10-11H,2,4-6,8-9H2,1H3,(H,18,23)(H,21,24,25)/b13-10-. The molecule has 0 saturated carbocycles. The van der Waals surface area contributed by atoms with Crippen LogP contribution in [0.4, 0.5) is 10.7 Å². The van der Waals surface area contributed by atoms with Gasteiger partial charge in [-0.05, 0) is 43.2 Å². The maximum Gasteiger partial charge on any atom is 0.290 e. The third kappa shape index (κ3) is 4.40. The van der Waals surface area contributed by atoms with Crippen molar-refractivity contribution < 1.29 is 14.4 Å². The van der Waals surface area contributed by atoms with Crippen LogP contribution in [0.1, 0.15) is 31.9 Å². The Morgan fingerprint density at radius 1 is 1.42 bits per heavy atom. The fraction of sp³-hybridized carbons (Fsp3) is 0.471. The summed E-state index contributed by atoms with van der Waals surface area (Å²) in [4.78, 5) is 46.1. The predicted octanol–water partition coefficient (Wildman–Crippen LogP) is 1.54. The molecule has 0 bridgehead atoms. The van der Waals surface area contributed by atoms with Crippen LogP contribution in [0.5, 0.6) is 0 Å². The molecular weight excluding hydrogens is 354 g/mol. The zero-order valence-corrected chi connectivity index (χ0v) is 15.3. The van der Waals surface area contributed by atoms with Gasteiger partial charge in [-0.1, -0.05) is 6.92 Å². The fourth-order valence-corrected chi connectivity index (χ4v) is 3.55. The molecule has 8 nitrogen and oxygen atoms in total. The first-order chi connectivity index (χ1) is 12.6. The highest BCUT2D eigenvalue weighted by molar-refractivity contribution is 8.18. The van der Waals surface area contributed by atoms with Gasteiger partial charge in [0.05, 0.1) is 10.6 Å². The van der Waals surface area contributed by atoms with Gasteiger partial charge in [0.1, 0.15) is 0 Å². The van der Waals surface area contributed by atoms with E-state index in [0.29, 0.717) is 36.2 Å². The first-order valence-corrected chi connectivity index (χ1v) is 9.49. The van der Waals surface area contributed by atoms with Crippen molar-refractivity contribution in [2.45, 2.75) is 26.2 Å². The molecule has 9 heteroatoms. The minimum absolute atomic E-state index is 0.0349. The lowest BCUT2D eigenvalue weighted by Crippen LogP contribution is -2.41.